The highest BCUT2D eigenvalue weighted by Crippen LogP contribution is 2.35. The van der Waals surface area contributed by atoms with Crippen molar-refractivity contribution in [2.45, 2.75) is 173 Å². The lowest BCUT2D eigenvalue weighted by Gasteiger charge is -2.27. The maximum atomic E-state index is 12.0. The van der Waals surface area contributed by atoms with Crippen molar-refractivity contribution in [1.82, 2.24) is 0 Å². The van der Waals surface area contributed by atoms with E-state index in [-0.39, 0.29) is 12.3 Å². The molecule has 0 N–H and O–H groups in total. The van der Waals surface area contributed by atoms with E-state index in [4.69, 9.17) is 18.9 Å². The number of carbonyl (C=O) groups excluding carboxylic acids is 1. The third-order valence-corrected chi connectivity index (χ3v) is 7.71. The highest BCUT2D eigenvalue weighted by atomic mass is 16.8. The number of ether oxygens (including phenoxy) is 4. The molecule has 1 aliphatic heterocycles. The van der Waals surface area contributed by atoms with Crippen LogP contribution in [0.2, 0.25) is 0 Å². The Morgan fingerprint density at radius 3 is 1.56 bits per heavy atom. The second kappa shape index (κ2) is 23.5. The van der Waals surface area contributed by atoms with Crippen molar-refractivity contribution in [3.05, 3.63) is 0 Å². The van der Waals surface area contributed by atoms with Crippen molar-refractivity contribution in [3.63, 3.8) is 0 Å². The third kappa shape index (κ3) is 17.7. The molecule has 1 unspecified atom stereocenters. The van der Waals surface area contributed by atoms with E-state index >= 15 is 0 Å². The van der Waals surface area contributed by atoms with Crippen molar-refractivity contribution in [2.75, 3.05) is 20.8 Å². The first-order chi connectivity index (χ1) is 17.7. The number of unbranched alkanes of at least 4 members (excludes halogenated alkanes) is 19. The van der Waals surface area contributed by atoms with Crippen LogP contribution in [0.15, 0.2) is 0 Å². The van der Waals surface area contributed by atoms with Gasteiger partial charge in [0.2, 0.25) is 0 Å². The van der Waals surface area contributed by atoms with Gasteiger partial charge in [-0.3, -0.25) is 4.79 Å². The summed E-state index contributed by atoms with van der Waals surface area (Å²) in [6.45, 7) is 2.82. The highest BCUT2D eigenvalue weighted by molar-refractivity contribution is 5.69. The van der Waals surface area contributed by atoms with E-state index in [0.29, 0.717) is 19.4 Å². The molecule has 0 aromatic carbocycles. The smallest absolute Gasteiger partial charge is 0.305 e. The zero-order valence-electron chi connectivity index (χ0n) is 24.3. The van der Waals surface area contributed by atoms with E-state index in [1.165, 1.54) is 116 Å². The van der Waals surface area contributed by atoms with Crippen LogP contribution in [0.25, 0.3) is 0 Å². The van der Waals surface area contributed by atoms with Gasteiger partial charge in [-0.1, -0.05) is 129 Å². The van der Waals surface area contributed by atoms with Crippen LogP contribution in [0.5, 0.6) is 0 Å². The lowest BCUT2D eigenvalue weighted by Crippen LogP contribution is -2.32. The Balaban J connectivity index is 1.77. The summed E-state index contributed by atoms with van der Waals surface area (Å²) in [5.41, 5.74) is 0. The van der Waals surface area contributed by atoms with Crippen LogP contribution >= 0.6 is 0 Å². The number of hydrogen-bond acceptors (Lipinski definition) is 5. The first kappa shape index (κ1) is 33.4. The molecule has 1 heterocycles. The first-order valence-electron chi connectivity index (χ1n) is 15.6. The fourth-order valence-electron chi connectivity index (χ4n) is 5.21. The van der Waals surface area contributed by atoms with Gasteiger partial charge >= 0.3 is 5.97 Å². The first-order valence-corrected chi connectivity index (χ1v) is 15.6. The summed E-state index contributed by atoms with van der Waals surface area (Å²) >= 11 is 0. The van der Waals surface area contributed by atoms with Gasteiger partial charge < -0.3 is 18.9 Å². The molecule has 36 heavy (non-hydrogen) atoms. The predicted molar refractivity (Wildman–Crippen MR) is 149 cm³/mol. The highest BCUT2D eigenvalue weighted by Gasteiger charge is 2.40. The fraction of sp³-hybridized carbons (Fsp3) is 0.968. The van der Waals surface area contributed by atoms with Gasteiger partial charge in [0.25, 0.3) is 0 Å². The summed E-state index contributed by atoms with van der Waals surface area (Å²) in [4.78, 5) is 12.0. The van der Waals surface area contributed by atoms with Crippen LogP contribution in [0.4, 0.5) is 0 Å². The molecule has 1 aliphatic rings. The van der Waals surface area contributed by atoms with Crippen molar-refractivity contribution in [3.8, 4) is 0 Å². The lowest BCUT2D eigenvalue weighted by molar-refractivity contribution is -0.259. The van der Waals surface area contributed by atoms with E-state index in [1.54, 1.807) is 14.2 Å². The molecule has 0 aliphatic carbocycles. The van der Waals surface area contributed by atoms with Gasteiger partial charge in [-0.2, -0.15) is 0 Å². The van der Waals surface area contributed by atoms with Gasteiger partial charge in [-0.15, -0.1) is 0 Å². The molecule has 0 bridgehead atoms. The van der Waals surface area contributed by atoms with Crippen LogP contribution in [-0.2, 0) is 23.7 Å². The Bertz CT molecular complexity index is 497. The minimum atomic E-state index is -0.702. The Labute approximate surface area is 223 Å². The van der Waals surface area contributed by atoms with E-state index < -0.39 is 5.79 Å². The number of hydrogen-bond donors (Lipinski definition) is 0. The molecule has 0 aromatic rings. The molecule has 0 radical (unpaired) electrons. The van der Waals surface area contributed by atoms with Crippen LogP contribution in [0.3, 0.4) is 0 Å². The summed E-state index contributed by atoms with van der Waals surface area (Å²) in [5, 5.41) is 0. The maximum Gasteiger partial charge on any atom is 0.305 e. The van der Waals surface area contributed by atoms with Crippen molar-refractivity contribution in [1.29, 1.82) is 0 Å². The molecule has 2 atom stereocenters. The zero-order valence-corrected chi connectivity index (χ0v) is 24.3. The summed E-state index contributed by atoms with van der Waals surface area (Å²) < 4.78 is 22.0. The van der Waals surface area contributed by atoms with Crippen molar-refractivity contribution >= 4 is 5.97 Å². The quantitative estimate of drug-likeness (QED) is 0.0853. The largest absolute Gasteiger partial charge is 0.466 e. The number of carbonyl (C=O) groups is 1. The van der Waals surface area contributed by atoms with Gasteiger partial charge in [-0.05, 0) is 6.42 Å². The molecule has 0 saturated carbocycles. The second-order valence-corrected chi connectivity index (χ2v) is 10.9. The molecule has 214 valence electrons. The average Bonchev–Trinajstić information content (AvgIpc) is 3.32. The van der Waals surface area contributed by atoms with E-state index in [9.17, 15) is 4.79 Å². The Morgan fingerprint density at radius 1 is 0.722 bits per heavy atom. The molecule has 0 aromatic heterocycles. The van der Waals surface area contributed by atoms with Gasteiger partial charge in [0.05, 0.1) is 13.0 Å². The van der Waals surface area contributed by atoms with Crippen LogP contribution in [0.1, 0.15) is 161 Å². The topological polar surface area (TPSA) is 54.0 Å². The minimum Gasteiger partial charge on any atom is -0.466 e. The average molecular weight is 513 g/mol. The second-order valence-electron chi connectivity index (χ2n) is 10.9. The van der Waals surface area contributed by atoms with Crippen molar-refractivity contribution in [2.24, 2.45) is 0 Å². The molecular formula is C31H60O5. The van der Waals surface area contributed by atoms with E-state index in [0.717, 1.165) is 25.7 Å². The normalized spacial score (nSPS) is 19.7. The Kier molecular flexibility index (Phi) is 21.8. The minimum absolute atomic E-state index is 0.159. The molecular weight excluding hydrogens is 452 g/mol. The number of methoxy groups -OCH3 is 2. The standard InChI is InChI=1S/C31H60O5/c1-4-5-6-7-8-9-10-11-12-13-14-15-16-17-18-19-20-21-22-23-28-35-29(32)24-26-31(34-3)27-25-30(33-2)36-31/h30H,4-28H2,1-3H3/t30?,31-/m1/s1. The summed E-state index contributed by atoms with van der Waals surface area (Å²) in [6, 6.07) is 0. The molecule has 0 spiro atoms. The van der Waals surface area contributed by atoms with Crippen LogP contribution in [-0.4, -0.2) is 38.9 Å². The zero-order chi connectivity index (χ0) is 26.2. The molecule has 0 amide bonds. The number of esters is 1. The Hall–Kier alpha value is -0.650. The fourth-order valence-corrected chi connectivity index (χ4v) is 5.21. The van der Waals surface area contributed by atoms with E-state index in [2.05, 4.69) is 6.92 Å². The molecule has 5 heteroatoms. The van der Waals surface area contributed by atoms with Gasteiger partial charge in [-0.25, -0.2) is 0 Å². The molecule has 1 fully saturated rings. The summed E-state index contributed by atoms with van der Waals surface area (Å²) in [7, 11) is 3.26. The third-order valence-electron chi connectivity index (χ3n) is 7.71. The molecule has 1 saturated heterocycles. The monoisotopic (exact) mass is 512 g/mol. The maximum absolute atomic E-state index is 12.0. The van der Waals surface area contributed by atoms with Crippen LogP contribution < -0.4 is 0 Å². The van der Waals surface area contributed by atoms with Crippen molar-refractivity contribution < 1.29 is 23.7 Å². The van der Waals surface area contributed by atoms with Gasteiger partial charge in [0, 0.05) is 33.5 Å². The predicted octanol–water partition coefficient (Wildman–Crippen LogP) is 9.26. The van der Waals surface area contributed by atoms with Gasteiger partial charge in [0.1, 0.15) is 0 Å². The molecule has 5 nitrogen and oxygen atoms in total. The SMILES string of the molecule is CCCCCCCCCCCCCCCCCCCCCCOC(=O)CC[C@]1(OC)CCC(OC)O1. The van der Waals surface area contributed by atoms with Gasteiger partial charge in [0.15, 0.2) is 12.1 Å². The molecule has 1 rings (SSSR count). The summed E-state index contributed by atoms with van der Waals surface area (Å²) in [6.07, 6.45) is 29.5. The Morgan fingerprint density at radius 2 is 1.17 bits per heavy atom. The van der Waals surface area contributed by atoms with E-state index in [1.807, 2.05) is 0 Å². The lowest BCUT2D eigenvalue weighted by atomic mass is 10.0. The number of rotatable bonds is 26. The van der Waals surface area contributed by atoms with Crippen LogP contribution in [0, 0.1) is 0 Å². The summed E-state index contributed by atoms with van der Waals surface area (Å²) in [5.74, 6) is -0.860.